The van der Waals surface area contributed by atoms with Crippen LogP contribution in [0.4, 0.5) is 0 Å². The van der Waals surface area contributed by atoms with Crippen molar-refractivity contribution in [2.75, 3.05) is 7.11 Å². The number of ether oxygens (including phenoxy) is 1. The van der Waals surface area contributed by atoms with E-state index in [4.69, 9.17) is 4.74 Å². The first kappa shape index (κ1) is 14.5. The molecule has 118 valence electrons. The Bertz CT molecular complexity index is 959. The molecule has 0 aliphatic carbocycles. The molecule has 0 saturated carbocycles. The average Bonchev–Trinajstić information content (AvgIpc) is 3.05. The van der Waals surface area contributed by atoms with Crippen LogP contribution in [0.3, 0.4) is 0 Å². The summed E-state index contributed by atoms with van der Waals surface area (Å²) in [6.45, 7) is 0. The molecule has 0 aliphatic rings. The van der Waals surface area contributed by atoms with Crippen LogP contribution < -0.4 is 4.74 Å². The second-order valence-electron chi connectivity index (χ2n) is 5.65. The lowest BCUT2D eigenvalue weighted by molar-refractivity contribution is 0.414. The first-order valence-corrected chi connectivity index (χ1v) is 7.85. The Kier molecular flexibility index (Phi) is 3.71. The predicted octanol–water partition coefficient (Wildman–Crippen LogP) is 4.00. The molecule has 4 nitrogen and oxygen atoms in total. The third-order valence-corrected chi connectivity index (χ3v) is 4.10. The topological polar surface area (TPSA) is 39.4 Å². The van der Waals surface area contributed by atoms with Crippen LogP contribution in [0.1, 0.15) is 11.4 Å². The van der Waals surface area contributed by atoms with Crippen LogP contribution in [0.15, 0.2) is 72.9 Å². The molecule has 4 rings (SSSR count). The van der Waals surface area contributed by atoms with E-state index < -0.39 is 0 Å². The van der Waals surface area contributed by atoms with Gasteiger partial charge in [-0.3, -0.25) is 4.40 Å². The zero-order chi connectivity index (χ0) is 16.4. The van der Waals surface area contributed by atoms with Crippen LogP contribution in [-0.2, 0) is 6.42 Å². The highest BCUT2D eigenvalue weighted by Gasteiger charge is 2.08. The standard InChI is InChI=1S/C20H17N3O/c1-24-18-10-7-15(8-11-18)13-20-22-21-19-12-9-17(14-23(19)20)16-5-3-2-4-6-16/h2-12,14H,13H2,1H3. The van der Waals surface area contributed by atoms with Gasteiger partial charge in [-0.25, -0.2) is 0 Å². The van der Waals surface area contributed by atoms with E-state index in [1.54, 1.807) is 7.11 Å². The summed E-state index contributed by atoms with van der Waals surface area (Å²) in [6, 6.07) is 22.5. The smallest absolute Gasteiger partial charge is 0.160 e. The Morgan fingerprint density at radius 1 is 0.833 bits per heavy atom. The summed E-state index contributed by atoms with van der Waals surface area (Å²) in [4.78, 5) is 0. The molecule has 24 heavy (non-hydrogen) atoms. The number of hydrogen-bond donors (Lipinski definition) is 0. The first-order valence-electron chi connectivity index (χ1n) is 7.85. The number of pyridine rings is 1. The van der Waals surface area contributed by atoms with Gasteiger partial charge in [-0.05, 0) is 41.0 Å². The van der Waals surface area contributed by atoms with Crippen molar-refractivity contribution in [3.63, 3.8) is 0 Å². The Balaban J connectivity index is 1.70. The second kappa shape index (κ2) is 6.16. The molecule has 0 spiro atoms. The lowest BCUT2D eigenvalue weighted by Crippen LogP contribution is -1.97. The fourth-order valence-electron chi connectivity index (χ4n) is 2.79. The molecule has 0 amide bonds. The van der Waals surface area contributed by atoms with Crippen molar-refractivity contribution < 1.29 is 4.74 Å². The summed E-state index contributed by atoms with van der Waals surface area (Å²) in [5.74, 6) is 1.78. The first-order chi connectivity index (χ1) is 11.8. The molecule has 0 aliphatic heterocycles. The average molecular weight is 315 g/mol. The van der Waals surface area contributed by atoms with Gasteiger partial charge < -0.3 is 4.74 Å². The van der Waals surface area contributed by atoms with Gasteiger partial charge in [0.2, 0.25) is 0 Å². The minimum Gasteiger partial charge on any atom is -0.497 e. The molecule has 0 atom stereocenters. The van der Waals surface area contributed by atoms with Crippen LogP contribution in [-0.4, -0.2) is 21.7 Å². The summed E-state index contributed by atoms with van der Waals surface area (Å²) < 4.78 is 7.27. The highest BCUT2D eigenvalue weighted by molar-refractivity contribution is 5.64. The molecule has 0 N–H and O–H groups in total. The van der Waals surface area contributed by atoms with E-state index in [2.05, 4.69) is 51.1 Å². The molecule has 0 unspecified atom stereocenters. The van der Waals surface area contributed by atoms with Crippen LogP contribution in [0, 0.1) is 0 Å². The second-order valence-corrected chi connectivity index (χ2v) is 5.65. The van der Waals surface area contributed by atoms with Crippen LogP contribution in [0.5, 0.6) is 5.75 Å². The maximum absolute atomic E-state index is 5.21. The largest absolute Gasteiger partial charge is 0.497 e. The van der Waals surface area contributed by atoms with Gasteiger partial charge in [0, 0.05) is 12.6 Å². The van der Waals surface area contributed by atoms with Crippen LogP contribution in [0.25, 0.3) is 16.8 Å². The molecule has 4 aromatic rings. The molecular weight excluding hydrogens is 298 g/mol. The fraction of sp³-hybridized carbons (Fsp3) is 0.100. The maximum atomic E-state index is 5.21. The number of rotatable bonds is 4. The Hall–Kier alpha value is -3.14. The number of benzene rings is 2. The quantitative estimate of drug-likeness (QED) is 0.571. The molecule has 4 heteroatoms. The highest BCUT2D eigenvalue weighted by atomic mass is 16.5. The van der Waals surface area contributed by atoms with Gasteiger partial charge in [-0.1, -0.05) is 42.5 Å². The minimum atomic E-state index is 0.726. The van der Waals surface area contributed by atoms with E-state index in [0.717, 1.165) is 29.2 Å². The van der Waals surface area contributed by atoms with Gasteiger partial charge in [-0.15, -0.1) is 10.2 Å². The van der Waals surface area contributed by atoms with Crippen LogP contribution in [0.2, 0.25) is 0 Å². The van der Waals surface area contributed by atoms with Crippen molar-refractivity contribution in [2.45, 2.75) is 6.42 Å². The predicted molar refractivity (Wildman–Crippen MR) is 94.2 cm³/mol. The monoisotopic (exact) mass is 315 g/mol. The van der Waals surface area contributed by atoms with E-state index in [1.807, 2.05) is 36.4 Å². The van der Waals surface area contributed by atoms with E-state index in [1.165, 1.54) is 11.1 Å². The normalized spacial score (nSPS) is 10.9. The summed E-state index contributed by atoms with van der Waals surface area (Å²) in [5.41, 5.74) is 4.37. The molecule has 0 fully saturated rings. The Labute approximate surface area is 140 Å². The van der Waals surface area contributed by atoms with Gasteiger partial charge in [0.05, 0.1) is 7.11 Å². The maximum Gasteiger partial charge on any atom is 0.160 e. The molecule has 2 heterocycles. The van der Waals surface area contributed by atoms with Gasteiger partial charge in [0.25, 0.3) is 0 Å². The molecule has 2 aromatic carbocycles. The molecule has 0 radical (unpaired) electrons. The van der Waals surface area contributed by atoms with Crippen molar-refractivity contribution >= 4 is 5.65 Å². The van der Waals surface area contributed by atoms with E-state index in [9.17, 15) is 0 Å². The minimum absolute atomic E-state index is 0.726. The number of aromatic nitrogens is 3. The highest BCUT2D eigenvalue weighted by Crippen LogP contribution is 2.21. The van der Waals surface area contributed by atoms with Gasteiger partial charge >= 0.3 is 0 Å². The van der Waals surface area contributed by atoms with Crippen molar-refractivity contribution in [3.05, 3.63) is 84.3 Å². The summed E-state index contributed by atoms with van der Waals surface area (Å²) >= 11 is 0. The summed E-state index contributed by atoms with van der Waals surface area (Å²) in [7, 11) is 1.67. The van der Waals surface area contributed by atoms with E-state index in [0.29, 0.717) is 0 Å². The Morgan fingerprint density at radius 2 is 1.62 bits per heavy atom. The van der Waals surface area contributed by atoms with Crippen molar-refractivity contribution in [3.8, 4) is 16.9 Å². The van der Waals surface area contributed by atoms with Gasteiger partial charge in [-0.2, -0.15) is 0 Å². The summed E-state index contributed by atoms with van der Waals surface area (Å²) in [5, 5.41) is 8.62. The lowest BCUT2D eigenvalue weighted by Gasteiger charge is -2.05. The molecular formula is C20H17N3O. The third-order valence-electron chi connectivity index (χ3n) is 4.10. The van der Waals surface area contributed by atoms with E-state index >= 15 is 0 Å². The number of nitrogens with zero attached hydrogens (tertiary/aromatic N) is 3. The van der Waals surface area contributed by atoms with Crippen LogP contribution >= 0.6 is 0 Å². The van der Waals surface area contributed by atoms with Gasteiger partial charge in [0.15, 0.2) is 5.65 Å². The Morgan fingerprint density at radius 3 is 2.38 bits per heavy atom. The van der Waals surface area contributed by atoms with Crippen molar-refractivity contribution in [1.29, 1.82) is 0 Å². The number of fused-ring (bicyclic) bond motifs is 1. The van der Waals surface area contributed by atoms with Crippen molar-refractivity contribution in [1.82, 2.24) is 14.6 Å². The molecule has 0 bridgehead atoms. The molecule has 0 saturated heterocycles. The van der Waals surface area contributed by atoms with E-state index in [-0.39, 0.29) is 0 Å². The number of methoxy groups -OCH3 is 1. The SMILES string of the molecule is COc1ccc(Cc2nnc3ccc(-c4ccccc4)cn23)cc1. The molecule has 2 aromatic heterocycles. The summed E-state index contributed by atoms with van der Waals surface area (Å²) in [6.07, 6.45) is 2.83. The fourth-order valence-corrected chi connectivity index (χ4v) is 2.79. The zero-order valence-corrected chi connectivity index (χ0v) is 13.4. The number of hydrogen-bond acceptors (Lipinski definition) is 3. The lowest BCUT2D eigenvalue weighted by atomic mass is 10.1. The third kappa shape index (κ3) is 2.74. The zero-order valence-electron chi connectivity index (χ0n) is 13.4. The van der Waals surface area contributed by atoms with Crippen molar-refractivity contribution in [2.24, 2.45) is 0 Å². The van der Waals surface area contributed by atoms with Gasteiger partial charge in [0.1, 0.15) is 11.6 Å².